The number of methoxy groups -OCH3 is 1. The summed E-state index contributed by atoms with van der Waals surface area (Å²) in [6, 6.07) is 4.49. The molecule has 1 atom stereocenters. The number of likely N-dealkylation sites (tertiary alicyclic amines) is 1. The van der Waals surface area contributed by atoms with Gasteiger partial charge in [0.05, 0.1) is 7.11 Å². The molecule has 1 saturated carbocycles. The number of benzene rings is 1. The summed E-state index contributed by atoms with van der Waals surface area (Å²) in [5.74, 6) is 0.551. The molecule has 0 aromatic heterocycles. The van der Waals surface area contributed by atoms with Crippen molar-refractivity contribution in [2.75, 3.05) is 26.7 Å². The Hall–Kier alpha value is -1.66. The van der Waals surface area contributed by atoms with Gasteiger partial charge >= 0.3 is 0 Å². The van der Waals surface area contributed by atoms with Crippen molar-refractivity contribution in [3.63, 3.8) is 0 Å². The zero-order valence-electron chi connectivity index (χ0n) is 14.1. The van der Waals surface area contributed by atoms with E-state index in [0.717, 1.165) is 6.54 Å². The normalized spacial score (nSPS) is 24.3. The predicted molar refractivity (Wildman–Crippen MR) is 88.1 cm³/mol. The van der Waals surface area contributed by atoms with Crippen LogP contribution in [0.25, 0.3) is 0 Å². The van der Waals surface area contributed by atoms with Crippen LogP contribution < -0.4 is 10.1 Å². The number of carbonyl (C=O) groups is 1. The standard InChI is InChI=1S/C18H25FN2O3/c1-24-15-5-6-16(19)14(9-15)11-21-8-2-7-18(23,17(21)22)12-20-10-13-3-4-13/h5-6,9,13,20,23H,2-4,7-8,10-12H2,1H3. The lowest BCUT2D eigenvalue weighted by Crippen LogP contribution is -2.57. The topological polar surface area (TPSA) is 61.8 Å². The van der Waals surface area contributed by atoms with Crippen LogP contribution >= 0.6 is 0 Å². The summed E-state index contributed by atoms with van der Waals surface area (Å²) < 4.78 is 19.1. The number of hydrogen-bond acceptors (Lipinski definition) is 4. The molecule has 1 saturated heterocycles. The second kappa shape index (κ2) is 7.07. The third kappa shape index (κ3) is 3.87. The Bertz CT molecular complexity index is 606. The molecule has 1 heterocycles. The summed E-state index contributed by atoms with van der Waals surface area (Å²) in [4.78, 5) is 14.2. The molecule has 1 aromatic carbocycles. The van der Waals surface area contributed by atoms with Crippen LogP contribution in [0.15, 0.2) is 18.2 Å². The molecule has 1 unspecified atom stereocenters. The van der Waals surface area contributed by atoms with E-state index in [1.165, 1.54) is 26.0 Å². The van der Waals surface area contributed by atoms with Crippen molar-refractivity contribution >= 4 is 5.91 Å². The Morgan fingerprint density at radius 1 is 1.46 bits per heavy atom. The van der Waals surface area contributed by atoms with E-state index < -0.39 is 5.60 Å². The molecular formula is C18H25FN2O3. The summed E-state index contributed by atoms with van der Waals surface area (Å²) in [6.45, 7) is 1.78. The first-order valence-electron chi connectivity index (χ1n) is 8.57. The first-order valence-corrected chi connectivity index (χ1v) is 8.57. The number of carbonyl (C=O) groups excluding carboxylic acids is 1. The molecule has 1 amide bonds. The molecule has 0 radical (unpaired) electrons. The summed E-state index contributed by atoms with van der Waals surface area (Å²) in [5, 5.41) is 13.9. The number of halogens is 1. The highest BCUT2D eigenvalue weighted by Gasteiger charge is 2.42. The fourth-order valence-corrected chi connectivity index (χ4v) is 3.19. The summed E-state index contributed by atoms with van der Waals surface area (Å²) >= 11 is 0. The first kappa shape index (κ1) is 17.2. The maximum absolute atomic E-state index is 14.0. The van der Waals surface area contributed by atoms with Crippen LogP contribution in [0.4, 0.5) is 4.39 Å². The van der Waals surface area contributed by atoms with Gasteiger partial charge in [0.2, 0.25) is 0 Å². The fraction of sp³-hybridized carbons (Fsp3) is 0.611. The minimum atomic E-state index is -1.39. The predicted octanol–water partition coefficient (Wildman–Crippen LogP) is 1.69. The molecule has 6 heteroatoms. The average molecular weight is 336 g/mol. The molecule has 2 N–H and O–H groups in total. The van der Waals surface area contributed by atoms with Crippen molar-refractivity contribution < 1.29 is 19.0 Å². The number of amides is 1. The van der Waals surface area contributed by atoms with Crippen molar-refractivity contribution in [3.8, 4) is 5.75 Å². The van der Waals surface area contributed by atoms with Gasteiger partial charge in [0, 0.05) is 25.2 Å². The minimum absolute atomic E-state index is 0.146. The highest BCUT2D eigenvalue weighted by Crippen LogP contribution is 2.29. The number of nitrogens with zero attached hydrogens (tertiary/aromatic N) is 1. The van der Waals surface area contributed by atoms with E-state index in [9.17, 15) is 14.3 Å². The quantitative estimate of drug-likeness (QED) is 0.795. The van der Waals surface area contributed by atoms with Crippen molar-refractivity contribution in [2.45, 2.75) is 37.8 Å². The van der Waals surface area contributed by atoms with Gasteiger partial charge in [-0.25, -0.2) is 4.39 Å². The Labute approximate surface area is 141 Å². The monoisotopic (exact) mass is 336 g/mol. The smallest absolute Gasteiger partial charge is 0.256 e. The highest BCUT2D eigenvalue weighted by molar-refractivity contribution is 5.86. The zero-order valence-corrected chi connectivity index (χ0v) is 14.1. The number of rotatable bonds is 7. The Morgan fingerprint density at radius 2 is 2.25 bits per heavy atom. The Kier molecular flexibility index (Phi) is 5.06. The zero-order chi connectivity index (χ0) is 17.2. The van der Waals surface area contributed by atoms with E-state index >= 15 is 0 Å². The average Bonchev–Trinajstić information content (AvgIpc) is 3.38. The molecule has 5 nitrogen and oxygen atoms in total. The number of piperidine rings is 1. The van der Waals surface area contributed by atoms with Crippen LogP contribution in [-0.4, -0.2) is 48.3 Å². The highest BCUT2D eigenvalue weighted by atomic mass is 19.1. The maximum atomic E-state index is 14.0. The van der Waals surface area contributed by atoms with Gasteiger partial charge in [-0.05, 0) is 56.3 Å². The summed E-state index contributed by atoms with van der Waals surface area (Å²) in [5.41, 5.74) is -0.986. The molecule has 24 heavy (non-hydrogen) atoms. The largest absolute Gasteiger partial charge is 0.497 e. The van der Waals surface area contributed by atoms with Gasteiger partial charge in [-0.2, -0.15) is 0 Å². The summed E-state index contributed by atoms with van der Waals surface area (Å²) in [6.07, 6.45) is 3.60. The molecular weight excluding hydrogens is 311 g/mol. The van der Waals surface area contributed by atoms with Crippen molar-refractivity contribution in [2.24, 2.45) is 5.92 Å². The lowest BCUT2D eigenvalue weighted by molar-refractivity contribution is -0.157. The van der Waals surface area contributed by atoms with E-state index in [2.05, 4.69) is 5.32 Å². The number of hydrogen-bond donors (Lipinski definition) is 2. The van der Waals surface area contributed by atoms with Crippen LogP contribution in [0, 0.1) is 11.7 Å². The summed E-state index contributed by atoms with van der Waals surface area (Å²) in [7, 11) is 1.52. The van der Waals surface area contributed by atoms with Gasteiger partial charge in [-0.3, -0.25) is 4.79 Å². The van der Waals surface area contributed by atoms with E-state index in [-0.39, 0.29) is 24.8 Å². The second-order valence-electron chi connectivity index (χ2n) is 6.89. The third-order valence-corrected chi connectivity index (χ3v) is 4.87. The third-order valence-electron chi connectivity index (χ3n) is 4.87. The molecule has 3 rings (SSSR count). The van der Waals surface area contributed by atoms with Crippen LogP contribution in [0.3, 0.4) is 0 Å². The molecule has 1 aromatic rings. The van der Waals surface area contributed by atoms with Crippen LogP contribution in [0.2, 0.25) is 0 Å². The van der Waals surface area contributed by atoms with E-state index in [4.69, 9.17) is 4.74 Å². The molecule has 2 fully saturated rings. The number of ether oxygens (including phenoxy) is 1. The minimum Gasteiger partial charge on any atom is -0.497 e. The number of aliphatic hydroxyl groups is 1. The lowest BCUT2D eigenvalue weighted by atomic mass is 9.91. The molecule has 0 bridgehead atoms. The SMILES string of the molecule is COc1ccc(F)c(CN2CCCC(O)(CNCC3CC3)C2=O)c1. The molecule has 1 aliphatic heterocycles. The number of nitrogens with one attached hydrogen (secondary N) is 1. The van der Waals surface area contributed by atoms with Gasteiger partial charge < -0.3 is 20.1 Å². The van der Waals surface area contributed by atoms with Crippen LogP contribution in [-0.2, 0) is 11.3 Å². The molecule has 132 valence electrons. The Morgan fingerprint density at radius 3 is 2.96 bits per heavy atom. The Balaban J connectivity index is 1.65. The second-order valence-corrected chi connectivity index (χ2v) is 6.89. The van der Waals surface area contributed by atoms with Gasteiger partial charge in [0.15, 0.2) is 5.60 Å². The molecule has 2 aliphatic rings. The lowest BCUT2D eigenvalue weighted by Gasteiger charge is -2.38. The van der Waals surface area contributed by atoms with Crippen molar-refractivity contribution in [1.29, 1.82) is 0 Å². The van der Waals surface area contributed by atoms with Crippen LogP contribution in [0.5, 0.6) is 5.75 Å². The van der Waals surface area contributed by atoms with Crippen molar-refractivity contribution in [3.05, 3.63) is 29.6 Å². The first-order chi connectivity index (χ1) is 11.5. The van der Waals surface area contributed by atoms with E-state index in [1.54, 1.807) is 17.0 Å². The van der Waals surface area contributed by atoms with Gasteiger partial charge in [-0.1, -0.05) is 0 Å². The van der Waals surface area contributed by atoms with Gasteiger partial charge in [0.25, 0.3) is 5.91 Å². The van der Waals surface area contributed by atoms with Gasteiger partial charge in [0.1, 0.15) is 11.6 Å². The maximum Gasteiger partial charge on any atom is 0.256 e. The molecule has 1 aliphatic carbocycles. The van der Waals surface area contributed by atoms with Gasteiger partial charge in [-0.15, -0.1) is 0 Å². The van der Waals surface area contributed by atoms with Crippen LogP contribution in [0.1, 0.15) is 31.2 Å². The molecule has 0 spiro atoms. The van der Waals surface area contributed by atoms with E-state index in [1.807, 2.05) is 0 Å². The van der Waals surface area contributed by atoms with E-state index in [0.29, 0.717) is 36.6 Å². The fourth-order valence-electron chi connectivity index (χ4n) is 3.19. The van der Waals surface area contributed by atoms with Crippen molar-refractivity contribution in [1.82, 2.24) is 10.2 Å².